The van der Waals surface area contributed by atoms with Crippen molar-refractivity contribution in [3.8, 4) is 0 Å². The van der Waals surface area contributed by atoms with Crippen molar-refractivity contribution in [2.24, 2.45) is 5.73 Å². The number of fused-ring (bicyclic) bond motifs is 1. The van der Waals surface area contributed by atoms with Gasteiger partial charge in [0.2, 0.25) is 0 Å². The summed E-state index contributed by atoms with van der Waals surface area (Å²) in [5, 5.41) is 5.03. The van der Waals surface area contributed by atoms with Crippen LogP contribution in [0.4, 0.5) is 0 Å². The van der Waals surface area contributed by atoms with Crippen molar-refractivity contribution >= 4 is 33.9 Å². The highest BCUT2D eigenvalue weighted by Crippen LogP contribution is 2.41. The minimum absolute atomic E-state index is 0.124. The van der Waals surface area contributed by atoms with Crippen LogP contribution < -0.4 is 5.73 Å². The minimum atomic E-state index is 0.124. The molecule has 2 unspecified atom stereocenters. The summed E-state index contributed by atoms with van der Waals surface area (Å²) in [6.45, 7) is 4.26. The van der Waals surface area contributed by atoms with Crippen LogP contribution in [0, 0.1) is 6.92 Å². The Morgan fingerprint density at radius 2 is 1.81 bits per heavy atom. The van der Waals surface area contributed by atoms with Crippen molar-refractivity contribution in [3.05, 3.63) is 64.4 Å². The molecule has 3 aromatic rings. The van der Waals surface area contributed by atoms with E-state index in [1.807, 2.05) is 23.1 Å². The van der Waals surface area contributed by atoms with E-state index in [1.54, 1.807) is 0 Å². The molecule has 0 saturated carbocycles. The summed E-state index contributed by atoms with van der Waals surface area (Å²) in [5.41, 5.74) is 7.59. The second-order valence-electron chi connectivity index (χ2n) is 5.37. The van der Waals surface area contributed by atoms with Gasteiger partial charge in [0.25, 0.3) is 0 Å². The van der Waals surface area contributed by atoms with Crippen LogP contribution in [0.25, 0.3) is 10.8 Å². The van der Waals surface area contributed by atoms with Crippen LogP contribution in [-0.4, -0.2) is 6.04 Å². The topological polar surface area (TPSA) is 26.0 Å². The quantitative estimate of drug-likeness (QED) is 0.653. The smallest absolute Gasteiger partial charge is 0.0589 e. The van der Waals surface area contributed by atoms with Crippen LogP contribution >= 0.6 is 23.1 Å². The molecule has 1 nitrogen and oxygen atoms in total. The molecule has 0 fully saturated rings. The molecule has 21 heavy (non-hydrogen) atoms. The molecule has 108 valence electrons. The lowest BCUT2D eigenvalue weighted by Crippen LogP contribution is -2.22. The van der Waals surface area contributed by atoms with E-state index in [0.717, 1.165) is 0 Å². The van der Waals surface area contributed by atoms with Crippen molar-refractivity contribution in [1.82, 2.24) is 0 Å². The molecule has 1 heterocycles. The third kappa shape index (κ3) is 3.15. The van der Waals surface area contributed by atoms with Gasteiger partial charge in [-0.2, -0.15) is 0 Å². The van der Waals surface area contributed by atoms with E-state index in [-0.39, 0.29) is 6.04 Å². The average Bonchev–Trinajstić information content (AvgIpc) is 2.90. The number of hydrogen-bond donors (Lipinski definition) is 1. The van der Waals surface area contributed by atoms with Crippen LogP contribution in [-0.2, 0) is 0 Å². The van der Waals surface area contributed by atoms with Crippen LogP contribution in [0.2, 0.25) is 0 Å². The van der Waals surface area contributed by atoms with E-state index < -0.39 is 0 Å². The number of thioether (sulfide) groups is 1. The van der Waals surface area contributed by atoms with Crippen molar-refractivity contribution in [3.63, 3.8) is 0 Å². The predicted molar refractivity (Wildman–Crippen MR) is 95.3 cm³/mol. The summed E-state index contributed by atoms with van der Waals surface area (Å²) >= 11 is 3.68. The summed E-state index contributed by atoms with van der Waals surface area (Å²) in [6, 6.07) is 17.4. The highest BCUT2D eigenvalue weighted by Gasteiger charge is 2.20. The molecule has 0 amide bonds. The maximum absolute atomic E-state index is 6.24. The fraction of sp³-hybridized carbons (Fsp3) is 0.222. The standard InChI is InChI=1S/C18H19NS2/c1-12-9-10-20-17(12)18(13(2)19)21-16-8-7-14-5-3-4-6-15(14)11-16/h3-11,13,18H,19H2,1-2H3. The van der Waals surface area contributed by atoms with Crippen molar-refractivity contribution < 1.29 is 0 Å². The zero-order valence-electron chi connectivity index (χ0n) is 12.2. The van der Waals surface area contributed by atoms with E-state index in [2.05, 4.69) is 67.8 Å². The first-order chi connectivity index (χ1) is 10.1. The highest BCUT2D eigenvalue weighted by atomic mass is 32.2. The molecular weight excluding hydrogens is 294 g/mol. The highest BCUT2D eigenvalue weighted by molar-refractivity contribution is 7.99. The molecule has 3 rings (SSSR count). The Morgan fingerprint density at radius 3 is 2.48 bits per heavy atom. The molecular formula is C18H19NS2. The lowest BCUT2D eigenvalue weighted by Gasteiger charge is -2.20. The first-order valence-corrected chi connectivity index (χ1v) is 8.86. The number of benzene rings is 2. The SMILES string of the molecule is Cc1ccsc1C(Sc1ccc2ccccc2c1)C(C)N. The molecule has 3 heteroatoms. The van der Waals surface area contributed by atoms with Gasteiger partial charge in [0.15, 0.2) is 0 Å². The summed E-state index contributed by atoms with van der Waals surface area (Å²) in [4.78, 5) is 2.67. The molecule has 2 N–H and O–H groups in total. The normalized spacial score (nSPS) is 14.2. The first kappa shape index (κ1) is 14.6. The lowest BCUT2D eigenvalue weighted by molar-refractivity contribution is 0.727. The Hall–Kier alpha value is -1.29. The van der Waals surface area contributed by atoms with Crippen LogP contribution in [0.3, 0.4) is 0 Å². The number of rotatable bonds is 4. The average molecular weight is 313 g/mol. The van der Waals surface area contributed by atoms with Crippen molar-refractivity contribution in [1.29, 1.82) is 0 Å². The summed E-state index contributed by atoms with van der Waals surface area (Å²) in [7, 11) is 0. The number of thiophene rings is 1. The molecule has 2 atom stereocenters. The van der Waals surface area contributed by atoms with Gasteiger partial charge in [0, 0.05) is 15.8 Å². The molecule has 1 aromatic heterocycles. The number of hydrogen-bond acceptors (Lipinski definition) is 3. The van der Waals surface area contributed by atoms with E-state index in [0.29, 0.717) is 5.25 Å². The van der Waals surface area contributed by atoms with E-state index in [9.17, 15) is 0 Å². The summed E-state index contributed by atoms with van der Waals surface area (Å²) in [5.74, 6) is 0. The first-order valence-electron chi connectivity index (χ1n) is 7.10. The zero-order chi connectivity index (χ0) is 14.8. The van der Waals surface area contributed by atoms with Crippen LogP contribution in [0.5, 0.6) is 0 Å². The fourth-order valence-electron chi connectivity index (χ4n) is 2.46. The molecule has 0 saturated heterocycles. The van der Waals surface area contributed by atoms with Crippen molar-refractivity contribution in [2.45, 2.75) is 30.0 Å². The van der Waals surface area contributed by atoms with Gasteiger partial charge in [0.1, 0.15) is 0 Å². The second kappa shape index (κ2) is 6.22. The molecule has 2 aromatic carbocycles. The Balaban J connectivity index is 1.93. The third-order valence-corrected chi connectivity index (χ3v) is 6.32. The van der Waals surface area contributed by atoms with Gasteiger partial charge in [-0.15, -0.1) is 23.1 Å². The van der Waals surface area contributed by atoms with Gasteiger partial charge in [-0.3, -0.25) is 0 Å². The van der Waals surface area contributed by atoms with Gasteiger partial charge < -0.3 is 5.73 Å². The number of aryl methyl sites for hydroxylation is 1. The third-order valence-electron chi connectivity index (χ3n) is 3.62. The van der Waals surface area contributed by atoms with Gasteiger partial charge >= 0.3 is 0 Å². The molecule has 0 aliphatic carbocycles. The second-order valence-corrected chi connectivity index (χ2v) is 7.54. The Labute approximate surface area is 134 Å². The van der Waals surface area contributed by atoms with Crippen LogP contribution in [0.15, 0.2) is 58.8 Å². The Morgan fingerprint density at radius 1 is 1.05 bits per heavy atom. The van der Waals surface area contributed by atoms with E-state index in [4.69, 9.17) is 5.73 Å². The summed E-state index contributed by atoms with van der Waals surface area (Å²) < 4.78 is 0. The molecule has 0 bridgehead atoms. The largest absolute Gasteiger partial charge is 0.327 e. The van der Waals surface area contributed by atoms with E-state index in [1.165, 1.54) is 26.1 Å². The molecule has 0 aliphatic rings. The lowest BCUT2D eigenvalue weighted by atomic mass is 10.1. The molecule has 0 aliphatic heterocycles. The fourth-order valence-corrected chi connectivity index (χ4v) is 4.94. The minimum Gasteiger partial charge on any atom is -0.327 e. The Bertz CT molecular complexity index is 746. The maximum atomic E-state index is 6.24. The van der Waals surface area contributed by atoms with Gasteiger partial charge in [0.05, 0.1) is 5.25 Å². The Kier molecular flexibility index (Phi) is 4.34. The van der Waals surface area contributed by atoms with E-state index >= 15 is 0 Å². The summed E-state index contributed by atoms with van der Waals surface area (Å²) in [6.07, 6.45) is 0. The molecule has 0 radical (unpaired) electrons. The van der Waals surface area contributed by atoms with Crippen molar-refractivity contribution in [2.75, 3.05) is 0 Å². The van der Waals surface area contributed by atoms with Gasteiger partial charge in [-0.05, 0) is 53.8 Å². The zero-order valence-corrected chi connectivity index (χ0v) is 13.9. The predicted octanol–water partition coefficient (Wildman–Crippen LogP) is 5.39. The van der Waals surface area contributed by atoms with Gasteiger partial charge in [-0.1, -0.05) is 30.3 Å². The maximum Gasteiger partial charge on any atom is 0.0589 e. The molecule has 0 spiro atoms. The van der Waals surface area contributed by atoms with Crippen LogP contribution in [0.1, 0.15) is 22.6 Å². The monoisotopic (exact) mass is 313 g/mol. The number of nitrogens with two attached hydrogens (primary N) is 1. The van der Waals surface area contributed by atoms with Gasteiger partial charge in [-0.25, -0.2) is 0 Å².